The number of aryl methyl sites for hydroxylation is 1. The first-order chi connectivity index (χ1) is 11.1. The summed E-state index contributed by atoms with van der Waals surface area (Å²) in [6.45, 7) is 4.73. The molecule has 1 unspecified atom stereocenters. The van der Waals surface area contributed by atoms with Gasteiger partial charge in [-0.1, -0.05) is 12.1 Å². The molecule has 0 bridgehead atoms. The molecular weight excluding hydrogens is 292 g/mol. The lowest BCUT2D eigenvalue weighted by atomic mass is 9.97. The third-order valence-electron chi connectivity index (χ3n) is 3.99. The zero-order valence-corrected chi connectivity index (χ0v) is 13.7. The van der Waals surface area contributed by atoms with Crippen LogP contribution in [0.25, 0.3) is 0 Å². The van der Waals surface area contributed by atoms with E-state index in [1.807, 2.05) is 36.1 Å². The van der Waals surface area contributed by atoms with Crippen LogP contribution >= 0.6 is 0 Å². The summed E-state index contributed by atoms with van der Waals surface area (Å²) in [6.07, 6.45) is 1.80. The highest BCUT2D eigenvalue weighted by atomic mass is 16.2. The maximum Gasteiger partial charge on any atom is 0.238 e. The maximum atomic E-state index is 12.2. The summed E-state index contributed by atoms with van der Waals surface area (Å²) in [5.74, 6) is -0.0556. The number of piperidine rings is 1. The number of nitrogens with two attached hydrogens (primary N) is 1. The molecule has 23 heavy (non-hydrogen) atoms. The molecule has 126 valence electrons. The third-order valence-corrected chi connectivity index (χ3v) is 3.99. The van der Waals surface area contributed by atoms with Crippen molar-refractivity contribution in [3.63, 3.8) is 0 Å². The Hall–Kier alpha value is -1.92. The molecule has 1 fully saturated rings. The van der Waals surface area contributed by atoms with Gasteiger partial charge in [0.15, 0.2) is 0 Å². The molecule has 1 aliphatic heterocycles. The Bertz CT molecular complexity index is 547. The van der Waals surface area contributed by atoms with Crippen LogP contribution in [0.2, 0.25) is 0 Å². The number of nitrogens with zero attached hydrogens (tertiary/aromatic N) is 1. The average Bonchev–Trinajstić information content (AvgIpc) is 2.52. The predicted molar refractivity (Wildman–Crippen MR) is 91.0 cm³/mol. The molecule has 2 amide bonds. The number of benzene rings is 1. The molecule has 0 aliphatic carbocycles. The molecule has 1 aromatic rings. The number of anilines is 1. The molecule has 0 aromatic heterocycles. The molecule has 0 saturated carbocycles. The molecule has 2 rings (SSSR count). The lowest BCUT2D eigenvalue weighted by Crippen LogP contribution is -2.46. The van der Waals surface area contributed by atoms with Gasteiger partial charge in [0.1, 0.15) is 0 Å². The minimum atomic E-state index is -0.0536. The summed E-state index contributed by atoms with van der Waals surface area (Å²) in [4.78, 5) is 26.2. The Morgan fingerprint density at radius 1 is 1.39 bits per heavy atom. The highest BCUT2D eigenvalue weighted by Crippen LogP contribution is 2.17. The molecule has 0 spiro atoms. The number of amides is 2. The number of likely N-dealkylation sites (tertiary alicyclic amines) is 1. The highest BCUT2D eigenvalue weighted by Gasteiger charge is 2.26. The second kappa shape index (κ2) is 8.64. The van der Waals surface area contributed by atoms with E-state index in [0.717, 1.165) is 30.6 Å². The summed E-state index contributed by atoms with van der Waals surface area (Å²) >= 11 is 0. The minimum Gasteiger partial charge on any atom is -0.355 e. The number of rotatable bonds is 6. The quantitative estimate of drug-likeness (QED) is 0.721. The van der Waals surface area contributed by atoms with Gasteiger partial charge in [0.05, 0.1) is 12.5 Å². The van der Waals surface area contributed by atoms with Gasteiger partial charge in [-0.25, -0.2) is 0 Å². The second-order valence-corrected chi connectivity index (χ2v) is 6.07. The molecule has 0 radical (unpaired) electrons. The summed E-state index contributed by atoms with van der Waals surface area (Å²) in [5, 5.41) is 5.74. The van der Waals surface area contributed by atoms with E-state index in [1.54, 1.807) is 0 Å². The fourth-order valence-corrected chi connectivity index (χ4v) is 2.88. The number of nitrogens with one attached hydrogen (secondary N) is 2. The van der Waals surface area contributed by atoms with Crippen LogP contribution in [0.1, 0.15) is 18.4 Å². The maximum absolute atomic E-state index is 12.2. The Kier molecular flexibility index (Phi) is 6.55. The van der Waals surface area contributed by atoms with Gasteiger partial charge in [-0.2, -0.15) is 0 Å². The average molecular weight is 318 g/mol. The first kappa shape index (κ1) is 17.4. The van der Waals surface area contributed by atoms with Crippen molar-refractivity contribution in [1.29, 1.82) is 0 Å². The van der Waals surface area contributed by atoms with Crippen molar-refractivity contribution in [2.75, 3.05) is 38.0 Å². The molecule has 1 heterocycles. The summed E-state index contributed by atoms with van der Waals surface area (Å²) < 4.78 is 0. The monoisotopic (exact) mass is 318 g/mol. The summed E-state index contributed by atoms with van der Waals surface area (Å²) in [7, 11) is 0. The van der Waals surface area contributed by atoms with Crippen LogP contribution < -0.4 is 16.4 Å². The first-order valence-electron chi connectivity index (χ1n) is 8.15. The molecule has 1 aliphatic rings. The summed E-state index contributed by atoms with van der Waals surface area (Å²) in [6, 6.07) is 7.73. The first-order valence-corrected chi connectivity index (χ1v) is 8.15. The van der Waals surface area contributed by atoms with Crippen molar-refractivity contribution in [1.82, 2.24) is 10.2 Å². The topological polar surface area (TPSA) is 87.5 Å². The molecular formula is C17H26N4O2. The van der Waals surface area contributed by atoms with Crippen LogP contribution in [-0.4, -0.2) is 49.4 Å². The number of hydrogen-bond donors (Lipinski definition) is 3. The van der Waals surface area contributed by atoms with E-state index in [9.17, 15) is 9.59 Å². The van der Waals surface area contributed by atoms with Gasteiger partial charge < -0.3 is 16.4 Å². The van der Waals surface area contributed by atoms with Crippen LogP contribution in [0.15, 0.2) is 24.3 Å². The van der Waals surface area contributed by atoms with Crippen molar-refractivity contribution >= 4 is 17.5 Å². The standard InChI is InChI=1S/C17H26N4O2/c1-13-4-2-6-15(10-13)20-16(22)12-21-9-3-5-14(11-21)17(23)19-8-7-18/h2,4,6,10,14H,3,5,7-9,11-12,18H2,1H3,(H,19,23)(H,20,22). The van der Waals surface area contributed by atoms with Crippen LogP contribution in [0.4, 0.5) is 5.69 Å². The Morgan fingerprint density at radius 3 is 2.96 bits per heavy atom. The van der Waals surface area contributed by atoms with E-state index in [0.29, 0.717) is 26.2 Å². The van der Waals surface area contributed by atoms with Crippen LogP contribution in [0, 0.1) is 12.8 Å². The fraction of sp³-hybridized carbons (Fsp3) is 0.529. The molecule has 1 aromatic carbocycles. The van der Waals surface area contributed by atoms with Gasteiger partial charge in [0, 0.05) is 25.3 Å². The molecule has 1 saturated heterocycles. The van der Waals surface area contributed by atoms with Gasteiger partial charge in [-0.05, 0) is 44.0 Å². The zero-order valence-electron chi connectivity index (χ0n) is 13.7. The number of hydrogen-bond acceptors (Lipinski definition) is 4. The van der Waals surface area contributed by atoms with Gasteiger partial charge >= 0.3 is 0 Å². The smallest absolute Gasteiger partial charge is 0.238 e. The van der Waals surface area contributed by atoms with E-state index >= 15 is 0 Å². The SMILES string of the molecule is Cc1cccc(NC(=O)CN2CCCC(C(=O)NCCN)C2)c1. The number of carbonyl (C=O) groups is 2. The van der Waals surface area contributed by atoms with Gasteiger partial charge in [0.25, 0.3) is 0 Å². The number of carbonyl (C=O) groups excluding carboxylic acids is 2. The Balaban J connectivity index is 1.82. The van der Waals surface area contributed by atoms with E-state index in [4.69, 9.17) is 5.73 Å². The van der Waals surface area contributed by atoms with Crippen molar-refractivity contribution in [2.24, 2.45) is 11.7 Å². The minimum absolute atomic E-state index is 0.0410. The van der Waals surface area contributed by atoms with Crippen molar-refractivity contribution < 1.29 is 9.59 Å². The molecule has 1 atom stereocenters. The Morgan fingerprint density at radius 2 is 2.22 bits per heavy atom. The van der Waals surface area contributed by atoms with Crippen LogP contribution in [0.5, 0.6) is 0 Å². The van der Waals surface area contributed by atoms with Crippen molar-refractivity contribution in [3.8, 4) is 0 Å². The van der Waals surface area contributed by atoms with Gasteiger partial charge in [0.2, 0.25) is 11.8 Å². The lowest BCUT2D eigenvalue weighted by Gasteiger charge is -2.31. The van der Waals surface area contributed by atoms with Crippen molar-refractivity contribution in [3.05, 3.63) is 29.8 Å². The molecule has 4 N–H and O–H groups in total. The predicted octanol–water partition coefficient (Wildman–Crippen LogP) is 0.720. The Labute approximate surface area is 137 Å². The van der Waals surface area contributed by atoms with E-state index < -0.39 is 0 Å². The fourth-order valence-electron chi connectivity index (χ4n) is 2.88. The lowest BCUT2D eigenvalue weighted by molar-refractivity contribution is -0.127. The third kappa shape index (κ3) is 5.65. The van der Waals surface area contributed by atoms with E-state index in [-0.39, 0.29) is 17.7 Å². The second-order valence-electron chi connectivity index (χ2n) is 6.07. The zero-order chi connectivity index (χ0) is 16.7. The van der Waals surface area contributed by atoms with Gasteiger partial charge in [-0.15, -0.1) is 0 Å². The highest BCUT2D eigenvalue weighted by molar-refractivity contribution is 5.92. The normalized spacial score (nSPS) is 18.4. The van der Waals surface area contributed by atoms with Crippen LogP contribution in [0.3, 0.4) is 0 Å². The molecule has 6 heteroatoms. The van der Waals surface area contributed by atoms with Crippen molar-refractivity contribution in [2.45, 2.75) is 19.8 Å². The van der Waals surface area contributed by atoms with E-state index in [2.05, 4.69) is 10.6 Å². The molecule has 6 nitrogen and oxygen atoms in total. The van der Waals surface area contributed by atoms with E-state index in [1.165, 1.54) is 0 Å². The summed E-state index contributed by atoms with van der Waals surface area (Å²) in [5.41, 5.74) is 7.32. The largest absolute Gasteiger partial charge is 0.355 e. The van der Waals surface area contributed by atoms with Crippen LogP contribution in [-0.2, 0) is 9.59 Å². The van der Waals surface area contributed by atoms with Gasteiger partial charge in [-0.3, -0.25) is 14.5 Å².